The van der Waals surface area contributed by atoms with E-state index in [9.17, 15) is 0 Å². The van der Waals surface area contributed by atoms with Crippen LogP contribution in [-0.2, 0) is 4.74 Å². The largest absolute Gasteiger partial charge is 0.374 e. The minimum absolute atomic E-state index is 0.0191. The van der Waals surface area contributed by atoms with E-state index in [0.29, 0.717) is 12.0 Å². The van der Waals surface area contributed by atoms with Crippen LogP contribution < -0.4 is 11.3 Å². The Kier molecular flexibility index (Phi) is 5.05. The third-order valence-electron chi connectivity index (χ3n) is 5.08. The summed E-state index contributed by atoms with van der Waals surface area (Å²) in [5, 5.41) is 0. The predicted octanol–water partition coefficient (Wildman–Crippen LogP) is 2.99. The van der Waals surface area contributed by atoms with Crippen molar-refractivity contribution in [2.75, 3.05) is 6.61 Å². The predicted molar refractivity (Wildman–Crippen MR) is 75.1 cm³/mol. The van der Waals surface area contributed by atoms with E-state index in [-0.39, 0.29) is 5.60 Å². The molecular formula is C15H30N2O. The molecule has 0 radical (unpaired) electrons. The molecule has 106 valence electrons. The summed E-state index contributed by atoms with van der Waals surface area (Å²) in [6, 6.07) is 0.350. The Morgan fingerprint density at radius 1 is 1.28 bits per heavy atom. The van der Waals surface area contributed by atoms with Gasteiger partial charge in [-0.05, 0) is 44.4 Å². The lowest BCUT2D eigenvalue weighted by molar-refractivity contribution is -0.0808. The highest BCUT2D eigenvalue weighted by molar-refractivity contribution is 5.00. The van der Waals surface area contributed by atoms with Gasteiger partial charge in [0.15, 0.2) is 0 Å². The Labute approximate surface area is 112 Å². The lowest BCUT2D eigenvalue weighted by Crippen LogP contribution is -2.58. The van der Waals surface area contributed by atoms with E-state index in [2.05, 4.69) is 19.3 Å². The van der Waals surface area contributed by atoms with Gasteiger partial charge in [-0.3, -0.25) is 11.3 Å². The van der Waals surface area contributed by atoms with Crippen molar-refractivity contribution in [2.45, 2.75) is 76.9 Å². The van der Waals surface area contributed by atoms with Gasteiger partial charge in [0.25, 0.3) is 0 Å². The second-order valence-electron chi connectivity index (χ2n) is 6.38. The number of rotatable bonds is 5. The van der Waals surface area contributed by atoms with Crippen LogP contribution in [0.3, 0.4) is 0 Å². The van der Waals surface area contributed by atoms with E-state index in [1.807, 2.05) is 0 Å². The number of ether oxygens (including phenoxy) is 1. The summed E-state index contributed by atoms with van der Waals surface area (Å²) in [5.41, 5.74) is 3.15. The second kappa shape index (κ2) is 6.36. The molecule has 3 heteroatoms. The van der Waals surface area contributed by atoms with Gasteiger partial charge < -0.3 is 4.74 Å². The van der Waals surface area contributed by atoms with Crippen LogP contribution in [0.5, 0.6) is 0 Å². The fourth-order valence-electron chi connectivity index (χ4n) is 4.31. The molecule has 3 nitrogen and oxygen atoms in total. The lowest BCUT2D eigenvalue weighted by atomic mass is 9.73. The average molecular weight is 254 g/mol. The van der Waals surface area contributed by atoms with E-state index < -0.39 is 0 Å². The zero-order valence-electron chi connectivity index (χ0n) is 12.1. The Morgan fingerprint density at radius 2 is 2.00 bits per heavy atom. The van der Waals surface area contributed by atoms with Crippen LogP contribution in [0, 0.1) is 11.8 Å². The first-order valence-electron chi connectivity index (χ1n) is 7.82. The zero-order valence-corrected chi connectivity index (χ0v) is 12.1. The minimum Gasteiger partial charge on any atom is -0.374 e. The van der Waals surface area contributed by atoms with Crippen molar-refractivity contribution in [2.24, 2.45) is 17.7 Å². The average Bonchev–Trinajstić information content (AvgIpc) is 2.80. The summed E-state index contributed by atoms with van der Waals surface area (Å²) in [6.07, 6.45) is 10.3. The molecule has 2 saturated carbocycles. The van der Waals surface area contributed by atoms with Crippen LogP contribution in [-0.4, -0.2) is 18.2 Å². The molecule has 2 fully saturated rings. The van der Waals surface area contributed by atoms with E-state index >= 15 is 0 Å². The van der Waals surface area contributed by atoms with Gasteiger partial charge in [-0.15, -0.1) is 0 Å². The van der Waals surface area contributed by atoms with Gasteiger partial charge in [0.05, 0.1) is 11.6 Å². The van der Waals surface area contributed by atoms with Crippen LogP contribution >= 0.6 is 0 Å². The molecule has 0 spiro atoms. The molecule has 0 aromatic carbocycles. The molecule has 0 heterocycles. The normalized spacial score (nSPS) is 33.5. The third-order valence-corrected chi connectivity index (χ3v) is 5.08. The van der Waals surface area contributed by atoms with Crippen molar-refractivity contribution in [3.8, 4) is 0 Å². The quantitative estimate of drug-likeness (QED) is 0.585. The first-order valence-corrected chi connectivity index (χ1v) is 7.82. The molecule has 2 aliphatic carbocycles. The van der Waals surface area contributed by atoms with Gasteiger partial charge in [0.1, 0.15) is 0 Å². The standard InChI is InChI=1S/C15H30N2O/c1-3-18-15(9-4-5-10-15)14(17-16)13-8-6-7-12(2)11-13/h12-14,17H,3-11,16H2,1-2H3. The maximum absolute atomic E-state index is 6.19. The van der Waals surface area contributed by atoms with Crippen molar-refractivity contribution in [3.05, 3.63) is 0 Å². The Bertz CT molecular complexity index is 251. The summed E-state index contributed by atoms with van der Waals surface area (Å²) in [7, 11) is 0. The summed E-state index contributed by atoms with van der Waals surface area (Å²) >= 11 is 0. The minimum atomic E-state index is 0.0191. The first-order chi connectivity index (χ1) is 8.72. The molecule has 3 atom stereocenters. The maximum Gasteiger partial charge on any atom is 0.0850 e. The van der Waals surface area contributed by atoms with Gasteiger partial charge in [-0.1, -0.05) is 32.6 Å². The van der Waals surface area contributed by atoms with Gasteiger partial charge >= 0.3 is 0 Å². The summed E-state index contributed by atoms with van der Waals surface area (Å²) in [4.78, 5) is 0. The van der Waals surface area contributed by atoms with Crippen LogP contribution in [0.15, 0.2) is 0 Å². The molecule has 0 bridgehead atoms. The topological polar surface area (TPSA) is 47.3 Å². The molecule has 2 aliphatic rings. The zero-order chi connectivity index (χ0) is 13.0. The van der Waals surface area contributed by atoms with Gasteiger partial charge in [-0.25, -0.2) is 0 Å². The van der Waals surface area contributed by atoms with E-state index in [0.717, 1.165) is 12.5 Å². The van der Waals surface area contributed by atoms with E-state index in [4.69, 9.17) is 10.6 Å². The monoisotopic (exact) mass is 254 g/mol. The summed E-state index contributed by atoms with van der Waals surface area (Å²) < 4.78 is 6.19. The van der Waals surface area contributed by atoms with Crippen LogP contribution in [0.4, 0.5) is 0 Å². The fraction of sp³-hybridized carbons (Fsp3) is 1.00. The number of hydrogen-bond donors (Lipinski definition) is 2. The molecule has 0 aromatic rings. The Hall–Kier alpha value is -0.120. The molecule has 3 N–H and O–H groups in total. The van der Waals surface area contributed by atoms with Crippen molar-refractivity contribution in [1.82, 2.24) is 5.43 Å². The number of nitrogens with one attached hydrogen (secondary N) is 1. The maximum atomic E-state index is 6.19. The summed E-state index contributed by atoms with van der Waals surface area (Å²) in [5.74, 6) is 7.46. The molecule has 0 saturated heterocycles. The van der Waals surface area contributed by atoms with Gasteiger partial charge in [-0.2, -0.15) is 0 Å². The van der Waals surface area contributed by atoms with Gasteiger partial charge in [0.2, 0.25) is 0 Å². The van der Waals surface area contributed by atoms with Crippen LogP contribution in [0.1, 0.15) is 65.2 Å². The molecule has 18 heavy (non-hydrogen) atoms. The van der Waals surface area contributed by atoms with E-state index in [1.54, 1.807) is 0 Å². The van der Waals surface area contributed by atoms with Gasteiger partial charge in [0, 0.05) is 6.61 Å². The molecule has 0 aliphatic heterocycles. The van der Waals surface area contributed by atoms with Crippen molar-refractivity contribution >= 4 is 0 Å². The molecular weight excluding hydrogens is 224 g/mol. The Balaban J connectivity index is 2.09. The van der Waals surface area contributed by atoms with E-state index in [1.165, 1.54) is 51.4 Å². The third kappa shape index (κ3) is 2.89. The SMILES string of the molecule is CCOC1(C(NN)C2CCCC(C)C2)CCCC1. The van der Waals surface area contributed by atoms with Crippen LogP contribution in [0.2, 0.25) is 0 Å². The highest BCUT2D eigenvalue weighted by atomic mass is 16.5. The second-order valence-corrected chi connectivity index (χ2v) is 6.38. The Morgan fingerprint density at radius 3 is 2.56 bits per heavy atom. The highest BCUT2D eigenvalue weighted by Crippen LogP contribution is 2.42. The molecule has 0 aromatic heterocycles. The van der Waals surface area contributed by atoms with Crippen molar-refractivity contribution in [1.29, 1.82) is 0 Å². The van der Waals surface area contributed by atoms with Crippen molar-refractivity contribution < 1.29 is 4.74 Å². The molecule has 3 unspecified atom stereocenters. The lowest BCUT2D eigenvalue weighted by Gasteiger charge is -2.43. The smallest absolute Gasteiger partial charge is 0.0850 e. The number of hydrogen-bond acceptors (Lipinski definition) is 3. The number of nitrogens with two attached hydrogens (primary N) is 1. The van der Waals surface area contributed by atoms with Crippen molar-refractivity contribution in [3.63, 3.8) is 0 Å². The highest BCUT2D eigenvalue weighted by Gasteiger charge is 2.45. The molecule has 2 rings (SSSR count). The first kappa shape index (κ1) is 14.3. The summed E-state index contributed by atoms with van der Waals surface area (Å²) in [6.45, 7) is 5.29. The molecule has 0 amide bonds. The number of hydrazine groups is 1. The fourth-order valence-corrected chi connectivity index (χ4v) is 4.31. The van der Waals surface area contributed by atoms with Crippen LogP contribution in [0.25, 0.3) is 0 Å².